The van der Waals surface area contributed by atoms with Crippen LogP contribution in [0.15, 0.2) is 79.5 Å². The third-order valence-corrected chi connectivity index (χ3v) is 5.93. The molecule has 34 heavy (non-hydrogen) atoms. The summed E-state index contributed by atoms with van der Waals surface area (Å²) in [6, 6.07) is 15.4. The lowest BCUT2D eigenvalue weighted by molar-refractivity contribution is 0.0979. The van der Waals surface area contributed by atoms with Gasteiger partial charge in [-0.1, -0.05) is 29.3 Å². The standard InChI is InChI=1S/C25H21Cl2N5O2/c26-21-8-6-18(15-20(21)23-4-1-2-9-30-23)32(12-3-11-31-13-10-29-16-31)25(34)17-5-7-19(24(28)33)22(27)14-17/h1-2,4-10,13-16H,3,11-12H2,(H2,28,33). The zero-order valence-electron chi connectivity index (χ0n) is 18.1. The maximum Gasteiger partial charge on any atom is 0.258 e. The van der Waals surface area contributed by atoms with Gasteiger partial charge < -0.3 is 15.2 Å². The monoisotopic (exact) mass is 493 g/mol. The van der Waals surface area contributed by atoms with Crippen molar-refractivity contribution in [1.82, 2.24) is 14.5 Å². The van der Waals surface area contributed by atoms with Crippen LogP contribution in [0.2, 0.25) is 10.0 Å². The topological polar surface area (TPSA) is 94.1 Å². The molecule has 0 aliphatic carbocycles. The maximum atomic E-state index is 13.6. The van der Waals surface area contributed by atoms with Crippen LogP contribution in [0, 0.1) is 0 Å². The molecule has 2 amide bonds. The second-order valence-electron chi connectivity index (χ2n) is 7.55. The molecule has 0 bridgehead atoms. The van der Waals surface area contributed by atoms with E-state index in [0.29, 0.717) is 47.0 Å². The van der Waals surface area contributed by atoms with E-state index in [1.165, 1.54) is 12.1 Å². The maximum absolute atomic E-state index is 13.6. The number of amides is 2. The van der Waals surface area contributed by atoms with Gasteiger partial charge >= 0.3 is 0 Å². The Kier molecular flexibility index (Phi) is 7.25. The van der Waals surface area contributed by atoms with Crippen LogP contribution in [0.5, 0.6) is 0 Å². The number of nitrogens with zero attached hydrogens (tertiary/aromatic N) is 4. The fourth-order valence-electron chi connectivity index (χ4n) is 3.58. The lowest BCUT2D eigenvalue weighted by Crippen LogP contribution is -2.32. The van der Waals surface area contributed by atoms with Crippen LogP contribution in [0.1, 0.15) is 27.1 Å². The summed E-state index contributed by atoms with van der Waals surface area (Å²) in [5.41, 5.74) is 7.93. The highest BCUT2D eigenvalue weighted by molar-refractivity contribution is 6.34. The number of anilines is 1. The highest BCUT2D eigenvalue weighted by Gasteiger charge is 2.21. The number of primary amides is 1. The predicted octanol–water partition coefficient (Wildman–Crippen LogP) is 5.09. The molecule has 4 aromatic rings. The van der Waals surface area contributed by atoms with Crippen molar-refractivity contribution in [2.75, 3.05) is 11.4 Å². The summed E-state index contributed by atoms with van der Waals surface area (Å²) in [5.74, 6) is -0.920. The first-order chi connectivity index (χ1) is 16.4. The number of aromatic nitrogens is 3. The molecule has 0 radical (unpaired) electrons. The van der Waals surface area contributed by atoms with Gasteiger partial charge in [-0.05, 0) is 55.0 Å². The number of carbonyl (C=O) groups excluding carboxylic acids is 2. The number of halogens is 2. The van der Waals surface area contributed by atoms with Crippen molar-refractivity contribution < 1.29 is 9.59 Å². The molecule has 0 saturated carbocycles. The Morgan fingerprint density at radius 3 is 2.53 bits per heavy atom. The lowest BCUT2D eigenvalue weighted by atomic mass is 10.1. The number of nitrogens with two attached hydrogens (primary N) is 1. The minimum Gasteiger partial charge on any atom is -0.366 e. The Hall–Kier alpha value is -3.68. The Morgan fingerprint density at radius 2 is 1.85 bits per heavy atom. The summed E-state index contributed by atoms with van der Waals surface area (Å²) in [7, 11) is 0. The molecule has 2 aromatic heterocycles. The molecule has 9 heteroatoms. The van der Waals surface area contributed by atoms with Crippen molar-refractivity contribution >= 4 is 40.7 Å². The molecule has 0 aliphatic rings. The molecule has 2 heterocycles. The van der Waals surface area contributed by atoms with Crippen LogP contribution in [-0.4, -0.2) is 32.9 Å². The summed E-state index contributed by atoms with van der Waals surface area (Å²) in [4.78, 5) is 35.2. The largest absolute Gasteiger partial charge is 0.366 e. The van der Waals surface area contributed by atoms with Crippen molar-refractivity contribution in [3.63, 3.8) is 0 Å². The average Bonchev–Trinajstić information content (AvgIpc) is 3.36. The Labute approximate surface area is 206 Å². The van der Waals surface area contributed by atoms with E-state index in [1.54, 1.807) is 41.8 Å². The minimum absolute atomic E-state index is 0.127. The van der Waals surface area contributed by atoms with E-state index in [1.807, 2.05) is 35.0 Å². The molecule has 0 saturated heterocycles. The summed E-state index contributed by atoms with van der Waals surface area (Å²) in [6.07, 6.45) is 7.68. The van der Waals surface area contributed by atoms with Gasteiger partial charge in [0.15, 0.2) is 0 Å². The van der Waals surface area contributed by atoms with E-state index in [-0.39, 0.29) is 16.5 Å². The molecule has 0 spiro atoms. The molecule has 0 aliphatic heterocycles. The molecule has 172 valence electrons. The fraction of sp³-hybridized carbons (Fsp3) is 0.120. The van der Waals surface area contributed by atoms with Gasteiger partial charge in [-0.3, -0.25) is 14.6 Å². The first-order valence-corrected chi connectivity index (χ1v) is 11.3. The van der Waals surface area contributed by atoms with Crippen LogP contribution < -0.4 is 10.6 Å². The number of hydrogen-bond donors (Lipinski definition) is 1. The SMILES string of the molecule is NC(=O)c1ccc(C(=O)N(CCCn2ccnc2)c2ccc(Cl)c(-c3ccccn3)c2)cc1Cl. The molecule has 4 rings (SSSR count). The van der Waals surface area contributed by atoms with Crippen molar-refractivity contribution in [2.45, 2.75) is 13.0 Å². The van der Waals surface area contributed by atoms with E-state index in [0.717, 1.165) is 0 Å². The lowest BCUT2D eigenvalue weighted by Gasteiger charge is -2.24. The van der Waals surface area contributed by atoms with E-state index in [9.17, 15) is 9.59 Å². The quantitative estimate of drug-likeness (QED) is 0.369. The third kappa shape index (κ3) is 5.27. The Morgan fingerprint density at radius 1 is 1.00 bits per heavy atom. The van der Waals surface area contributed by atoms with Crippen LogP contribution in [0.4, 0.5) is 5.69 Å². The Balaban J connectivity index is 1.68. The average molecular weight is 494 g/mol. The summed E-state index contributed by atoms with van der Waals surface area (Å²) in [5, 5.41) is 0.657. The highest BCUT2D eigenvalue weighted by Crippen LogP contribution is 2.32. The van der Waals surface area contributed by atoms with E-state index < -0.39 is 5.91 Å². The number of carbonyl (C=O) groups is 2. The minimum atomic E-state index is -0.654. The summed E-state index contributed by atoms with van der Waals surface area (Å²) in [6.45, 7) is 1.11. The van der Waals surface area contributed by atoms with E-state index in [4.69, 9.17) is 28.9 Å². The molecular weight excluding hydrogens is 473 g/mol. The molecule has 0 atom stereocenters. The number of hydrogen-bond acceptors (Lipinski definition) is 4. The first-order valence-electron chi connectivity index (χ1n) is 10.5. The fourth-order valence-corrected chi connectivity index (χ4v) is 4.07. The molecule has 0 fully saturated rings. The van der Waals surface area contributed by atoms with Gasteiger partial charge in [0, 0.05) is 48.5 Å². The number of rotatable bonds is 8. The number of pyridine rings is 1. The smallest absolute Gasteiger partial charge is 0.258 e. The van der Waals surface area contributed by atoms with Gasteiger partial charge in [-0.15, -0.1) is 0 Å². The number of imidazole rings is 1. The van der Waals surface area contributed by atoms with Gasteiger partial charge in [0.2, 0.25) is 5.91 Å². The molecule has 2 N–H and O–H groups in total. The zero-order chi connectivity index (χ0) is 24.1. The third-order valence-electron chi connectivity index (χ3n) is 5.29. The molecule has 7 nitrogen and oxygen atoms in total. The highest BCUT2D eigenvalue weighted by atomic mass is 35.5. The van der Waals surface area contributed by atoms with Crippen LogP contribution in [0.3, 0.4) is 0 Å². The summed E-state index contributed by atoms with van der Waals surface area (Å²) >= 11 is 12.7. The van der Waals surface area contributed by atoms with Gasteiger partial charge in [0.25, 0.3) is 5.91 Å². The second kappa shape index (κ2) is 10.5. The molecule has 2 aromatic carbocycles. The van der Waals surface area contributed by atoms with Gasteiger partial charge in [0.05, 0.1) is 27.6 Å². The Bertz CT molecular complexity index is 1310. The van der Waals surface area contributed by atoms with E-state index in [2.05, 4.69) is 9.97 Å². The van der Waals surface area contributed by atoms with E-state index >= 15 is 0 Å². The van der Waals surface area contributed by atoms with Crippen molar-refractivity contribution in [1.29, 1.82) is 0 Å². The predicted molar refractivity (Wildman–Crippen MR) is 133 cm³/mol. The van der Waals surface area contributed by atoms with Crippen molar-refractivity contribution in [2.24, 2.45) is 5.73 Å². The number of benzene rings is 2. The van der Waals surface area contributed by atoms with Crippen LogP contribution in [0.25, 0.3) is 11.3 Å². The number of aryl methyl sites for hydroxylation is 1. The first kappa shape index (κ1) is 23.5. The molecular formula is C25H21Cl2N5O2. The van der Waals surface area contributed by atoms with Crippen LogP contribution >= 0.6 is 23.2 Å². The molecule has 0 unspecified atom stereocenters. The normalized spacial score (nSPS) is 10.8. The van der Waals surface area contributed by atoms with Gasteiger partial charge in [-0.2, -0.15) is 0 Å². The summed E-state index contributed by atoms with van der Waals surface area (Å²) < 4.78 is 1.95. The van der Waals surface area contributed by atoms with Gasteiger partial charge in [0.1, 0.15) is 0 Å². The van der Waals surface area contributed by atoms with Crippen molar-refractivity contribution in [3.8, 4) is 11.3 Å². The van der Waals surface area contributed by atoms with Crippen molar-refractivity contribution in [3.05, 3.63) is 101 Å². The van der Waals surface area contributed by atoms with Gasteiger partial charge in [-0.25, -0.2) is 4.98 Å². The zero-order valence-corrected chi connectivity index (χ0v) is 19.6. The second-order valence-corrected chi connectivity index (χ2v) is 8.36. The van der Waals surface area contributed by atoms with Crippen LogP contribution in [-0.2, 0) is 6.54 Å².